The minimum atomic E-state index is -0.965. The summed E-state index contributed by atoms with van der Waals surface area (Å²) in [5.74, 6) is -1.51. The summed E-state index contributed by atoms with van der Waals surface area (Å²) in [4.78, 5) is 26.6. The second kappa shape index (κ2) is 9.67. The molecule has 1 amide bonds. The number of nitrogen functional groups attached to an aromatic ring is 1. The lowest BCUT2D eigenvalue weighted by Crippen LogP contribution is -2.27. The van der Waals surface area contributed by atoms with Gasteiger partial charge in [0.05, 0.1) is 22.1 Å². The van der Waals surface area contributed by atoms with Crippen molar-refractivity contribution in [2.24, 2.45) is 0 Å². The predicted octanol–water partition coefficient (Wildman–Crippen LogP) is 5.85. The fraction of sp³-hybridized carbons (Fsp3) is 0.0769. The maximum atomic E-state index is 13.6. The van der Waals surface area contributed by atoms with Gasteiger partial charge in [0, 0.05) is 16.5 Å². The van der Waals surface area contributed by atoms with Gasteiger partial charge in [-0.05, 0) is 66.6 Å². The number of nitrogens with two attached hydrogens (primary N) is 1. The van der Waals surface area contributed by atoms with Crippen LogP contribution in [0.25, 0.3) is 21.3 Å². The number of aromatic nitrogens is 3. The van der Waals surface area contributed by atoms with Gasteiger partial charge in [-0.2, -0.15) is 0 Å². The molecule has 0 spiro atoms. The summed E-state index contributed by atoms with van der Waals surface area (Å²) in [7, 11) is 0. The van der Waals surface area contributed by atoms with Gasteiger partial charge in [-0.25, -0.2) is 23.7 Å². The third kappa shape index (κ3) is 4.71. The molecular weight excluding hydrogens is 482 g/mol. The Labute approximate surface area is 209 Å². The van der Waals surface area contributed by atoms with Gasteiger partial charge in [-0.3, -0.25) is 4.79 Å². The summed E-state index contributed by atoms with van der Waals surface area (Å²) >= 11 is 1.49. The zero-order valence-electron chi connectivity index (χ0n) is 19.0. The van der Waals surface area contributed by atoms with Gasteiger partial charge in [-0.15, -0.1) is 11.3 Å². The highest BCUT2D eigenvalue weighted by atomic mass is 32.1. The van der Waals surface area contributed by atoms with Crippen LogP contribution >= 0.6 is 11.3 Å². The van der Waals surface area contributed by atoms with Crippen molar-refractivity contribution >= 4 is 44.8 Å². The zero-order valence-corrected chi connectivity index (χ0v) is 19.8. The summed E-state index contributed by atoms with van der Waals surface area (Å²) in [5.41, 5.74) is 8.49. The van der Waals surface area contributed by atoms with Crippen molar-refractivity contribution in [3.63, 3.8) is 0 Å². The number of halogens is 2. The molecule has 0 aliphatic carbocycles. The number of anilines is 3. The Bertz CT molecular complexity index is 1590. The molecule has 0 saturated carbocycles. The van der Waals surface area contributed by atoms with Gasteiger partial charge >= 0.3 is 0 Å². The molecule has 7 nitrogen and oxygen atoms in total. The van der Waals surface area contributed by atoms with E-state index in [2.05, 4.69) is 25.6 Å². The molecule has 3 aromatic heterocycles. The van der Waals surface area contributed by atoms with Crippen LogP contribution in [0.5, 0.6) is 0 Å². The lowest BCUT2D eigenvalue weighted by Gasteiger charge is -2.16. The minimum absolute atomic E-state index is 0.317. The normalized spacial score (nSPS) is 11.9. The third-order valence-electron chi connectivity index (χ3n) is 5.64. The van der Waals surface area contributed by atoms with Crippen LogP contribution in [-0.2, 0) is 0 Å². The highest BCUT2D eigenvalue weighted by molar-refractivity contribution is 7.19. The van der Waals surface area contributed by atoms with Gasteiger partial charge in [0.15, 0.2) is 11.6 Å². The highest BCUT2D eigenvalue weighted by Crippen LogP contribution is 2.35. The molecule has 0 aliphatic heterocycles. The Kier molecular flexibility index (Phi) is 6.26. The fourth-order valence-electron chi connectivity index (χ4n) is 3.73. The van der Waals surface area contributed by atoms with Crippen molar-refractivity contribution in [2.75, 3.05) is 11.1 Å². The number of rotatable bonds is 6. The van der Waals surface area contributed by atoms with E-state index in [-0.39, 0.29) is 0 Å². The van der Waals surface area contributed by atoms with Gasteiger partial charge in [0.1, 0.15) is 18.0 Å². The average Bonchev–Trinajstić information content (AvgIpc) is 3.34. The molecule has 0 radical (unpaired) electrons. The van der Waals surface area contributed by atoms with E-state index in [9.17, 15) is 13.6 Å². The summed E-state index contributed by atoms with van der Waals surface area (Å²) in [6.45, 7) is 1.70. The van der Waals surface area contributed by atoms with Crippen LogP contribution in [0.2, 0.25) is 0 Å². The highest BCUT2D eigenvalue weighted by Gasteiger charge is 2.17. The van der Waals surface area contributed by atoms with E-state index in [1.54, 1.807) is 25.3 Å². The monoisotopic (exact) mass is 502 g/mol. The van der Waals surface area contributed by atoms with Crippen molar-refractivity contribution in [2.45, 2.75) is 13.0 Å². The fourth-order valence-corrected chi connectivity index (χ4v) is 4.64. The number of nitrogens with zero attached hydrogens (tertiary/aromatic N) is 3. The van der Waals surface area contributed by atoms with Crippen molar-refractivity contribution in [3.05, 3.63) is 95.9 Å². The van der Waals surface area contributed by atoms with Crippen LogP contribution in [0.1, 0.15) is 28.9 Å². The first-order chi connectivity index (χ1) is 17.4. The van der Waals surface area contributed by atoms with Gasteiger partial charge < -0.3 is 16.4 Å². The Morgan fingerprint density at radius 3 is 2.69 bits per heavy atom. The van der Waals surface area contributed by atoms with Crippen LogP contribution < -0.4 is 16.4 Å². The lowest BCUT2D eigenvalue weighted by atomic mass is 10.1. The number of amides is 1. The number of hydrogen-bond acceptors (Lipinski definition) is 7. The Balaban J connectivity index is 1.35. The molecule has 0 saturated heterocycles. The molecule has 0 aliphatic rings. The van der Waals surface area contributed by atoms with Crippen LogP contribution in [0.15, 0.2) is 73.2 Å². The lowest BCUT2D eigenvalue weighted by molar-refractivity contribution is 0.0940. The standard InChI is InChI=1S/C26H20F2N6OS/c1-14(15-4-6-19(27)20(28)12-15)33-26(35)17-3-2-10-30-25(17)34-23-9-8-22(36-23)16-5-7-21-18(11-16)24(29)32-13-31-21/h2-14H,1H3,(H,30,34)(H,33,35)(H2,29,31,32). The molecule has 2 aromatic carbocycles. The van der Waals surface area contributed by atoms with E-state index in [0.29, 0.717) is 22.8 Å². The van der Waals surface area contributed by atoms with Crippen LogP contribution in [0.4, 0.5) is 25.4 Å². The molecular formula is C26H20F2N6OS. The largest absolute Gasteiger partial charge is 0.383 e. The molecule has 1 atom stereocenters. The SMILES string of the molecule is CC(NC(=O)c1cccnc1Nc1ccc(-c2ccc3ncnc(N)c3c2)s1)c1ccc(F)c(F)c1. The first-order valence-corrected chi connectivity index (χ1v) is 11.8. The number of hydrogen-bond donors (Lipinski definition) is 3. The topological polar surface area (TPSA) is 106 Å². The number of thiophene rings is 1. The summed E-state index contributed by atoms with van der Waals surface area (Å²) < 4.78 is 26.9. The second-order valence-corrected chi connectivity index (χ2v) is 9.13. The van der Waals surface area contributed by atoms with E-state index < -0.39 is 23.6 Å². The van der Waals surface area contributed by atoms with E-state index in [4.69, 9.17) is 5.73 Å². The van der Waals surface area contributed by atoms with Gasteiger partial charge in [-0.1, -0.05) is 12.1 Å². The molecule has 36 heavy (non-hydrogen) atoms. The number of nitrogens with one attached hydrogen (secondary N) is 2. The smallest absolute Gasteiger partial charge is 0.255 e. The number of fused-ring (bicyclic) bond motifs is 1. The quantitative estimate of drug-likeness (QED) is 0.269. The van der Waals surface area contributed by atoms with E-state index in [1.165, 1.54) is 23.7 Å². The Hall–Kier alpha value is -4.44. The molecule has 5 rings (SSSR count). The van der Waals surface area contributed by atoms with Crippen LogP contribution in [0.3, 0.4) is 0 Å². The predicted molar refractivity (Wildman–Crippen MR) is 137 cm³/mol. The summed E-state index contributed by atoms with van der Waals surface area (Å²) in [5, 5.41) is 7.58. The summed E-state index contributed by atoms with van der Waals surface area (Å²) in [6.07, 6.45) is 3.02. The molecule has 5 aromatic rings. The maximum Gasteiger partial charge on any atom is 0.255 e. The molecule has 3 heterocycles. The van der Waals surface area contributed by atoms with Crippen molar-refractivity contribution in [1.29, 1.82) is 0 Å². The van der Waals surface area contributed by atoms with Crippen molar-refractivity contribution in [1.82, 2.24) is 20.3 Å². The average molecular weight is 503 g/mol. The molecule has 0 fully saturated rings. The molecule has 10 heteroatoms. The van der Waals surface area contributed by atoms with Crippen molar-refractivity contribution < 1.29 is 13.6 Å². The number of carbonyl (C=O) groups excluding carboxylic acids is 1. The van der Waals surface area contributed by atoms with Gasteiger partial charge in [0.2, 0.25) is 0 Å². The molecule has 4 N–H and O–H groups in total. The van der Waals surface area contributed by atoms with Crippen LogP contribution in [0, 0.1) is 11.6 Å². The number of pyridine rings is 1. The number of benzene rings is 2. The van der Waals surface area contributed by atoms with E-state index in [1.807, 2.05) is 30.3 Å². The molecule has 1 unspecified atom stereocenters. The zero-order chi connectivity index (χ0) is 25.2. The first-order valence-electron chi connectivity index (χ1n) is 11.0. The number of carbonyl (C=O) groups is 1. The second-order valence-electron chi connectivity index (χ2n) is 8.05. The third-order valence-corrected chi connectivity index (χ3v) is 6.69. The Morgan fingerprint density at radius 2 is 1.86 bits per heavy atom. The van der Waals surface area contributed by atoms with Crippen molar-refractivity contribution in [3.8, 4) is 10.4 Å². The first kappa shape index (κ1) is 23.3. The Morgan fingerprint density at radius 1 is 1.00 bits per heavy atom. The van der Waals surface area contributed by atoms with E-state index >= 15 is 0 Å². The minimum Gasteiger partial charge on any atom is -0.383 e. The van der Waals surface area contributed by atoms with Crippen LogP contribution in [-0.4, -0.2) is 20.9 Å². The maximum absolute atomic E-state index is 13.6. The van der Waals surface area contributed by atoms with E-state index in [0.717, 1.165) is 38.5 Å². The summed E-state index contributed by atoms with van der Waals surface area (Å²) in [6, 6.07) is 16.0. The molecule has 180 valence electrons. The van der Waals surface area contributed by atoms with Gasteiger partial charge in [0.25, 0.3) is 5.91 Å². The molecule has 0 bridgehead atoms.